The van der Waals surface area contributed by atoms with E-state index in [1.165, 1.54) is 12.8 Å². The Hall–Kier alpha value is -1.26. The zero-order valence-corrected chi connectivity index (χ0v) is 12.8. The summed E-state index contributed by atoms with van der Waals surface area (Å²) >= 11 is 6.05. The van der Waals surface area contributed by atoms with E-state index in [9.17, 15) is 4.79 Å². The van der Waals surface area contributed by atoms with Crippen molar-refractivity contribution in [1.29, 1.82) is 0 Å². The summed E-state index contributed by atoms with van der Waals surface area (Å²) in [5.41, 5.74) is 1.05. The molecule has 5 heteroatoms. The summed E-state index contributed by atoms with van der Waals surface area (Å²) in [7, 11) is 0. The predicted octanol–water partition coefficient (Wildman–Crippen LogP) is 2.64. The number of rotatable bonds is 8. The molecule has 2 aliphatic rings. The molecule has 0 aromatic heterocycles. The van der Waals surface area contributed by atoms with Crippen molar-refractivity contribution >= 4 is 17.5 Å². The van der Waals surface area contributed by atoms with Crippen molar-refractivity contribution < 1.29 is 9.53 Å². The molecule has 2 N–H and O–H groups in total. The van der Waals surface area contributed by atoms with Crippen LogP contribution in [0.25, 0.3) is 0 Å². The maximum Gasteiger partial charge on any atom is 0.223 e. The van der Waals surface area contributed by atoms with Gasteiger partial charge in [-0.15, -0.1) is 0 Å². The Kier molecular flexibility index (Phi) is 4.66. The first-order valence-electron chi connectivity index (χ1n) is 7.64. The molecule has 0 atom stereocenters. The molecule has 1 aromatic rings. The molecule has 0 bridgehead atoms. The van der Waals surface area contributed by atoms with Crippen LogP contribution in [0.3, 0.4) is 0 Å². The second-order valence-corrected chi connectivity index (χ2v) is 6.28. The molecular weight excluding hydrogens is 288 g/mol. The average molecular weight is 309 g/mol. The number of benzene rings is 1. The van der Waals surface area contributed by atoms with Crippen LogP contribution in [0.15, 0.2) is 18.2 Å². The number of carbonyl (C=O) groups is 1. The molecule has 0 radical (unpaired) electrons. The van der Waals surface area contributed by atoms with E-state index in [-0.39, 0.29) is 5.91 Å². The third kappa shape index (κ3) is 4.90. The van der Waals surface area contributed by atoms with E-state index in [4.69, 9.17) is 16.3 Å². The van der Waals surface area contributed by atoms with Gasteiger partial charge in [-0.1, -0.05) is 11.6 Å². The predicted molar refractivity (Wildman–Crippen MR) is 82.6 cm³/mol. The standard InChI is InChI=1S/C16H21ClN2O2/c17-12-1-6-15(11(9-12)10-18-13-2-3-13)21-8-7-16(20)19-14-4-5-14/h1,6,9,13-14,18H,2-5,7-8,10H2,(H,19,20). The quantitative estimate of drug-likeness (QED) is 0.776. The van der Waals surface area contributed by atoms with E-state index in [2.05, 4.69) is 10.6 Å². The summed E-state index contributed by atoms with van der Waals surface area (Å²) in [5, 5.41) is 7.13. The van der Waals surface area contributed by atoms with Gasteiger partial charge in [0.1, 0.15) is 5.75 Å². The molecule has 1 aromatic carbocycles. The summed E-state index contributed by atoms with van der Waals surface area (Å²) in [6, 6.07) is 6.68. The van der Waals surface area contributed by atoms with Crippen LogP contribution in [-0.2, 0) is 11.3 Å². The van der Waals surface area contributed by atoms with Gasteiger partial charge in [0.25, 0.3) is 0 Å². The average Bonchev–Trinajstić information content (AvgIpc) is 3.33. The van der Waals surface area contributed by atoms with Crippen molar-refractivity contribution in [2.45, 2.75) is 50.7 Å². The van der Waals surface area contributed by atoms with Crippen molar-refractivity contribution in [2.24, 2.45) is 0 Å². The Balaban J connectivity index is 1.49. The topological polar surface area (TPSA) is 50.4 Å². The Morgan fingerprint density at radius 3 is 2.71 bits per heavy atom. The first-order chi connectivity index (χ1) is 10.2. The monoisotopic (exact) mass is 308 g/mol. The Morgan fingerprint density at radius 1 is 1.24 bits per heavy atom. The first-order valence-corrected chi connectivity index (χ1v) is 8.02. The number of ether oxygens (including phenoxy) is 1. The fourth-order valence-electron chi connectivity index (χ4n) is 2.15. The third-order valence-electron chi connectivity index (χ3n) is 3.71. The van der Waals surface area contributed by atoms with Gasteiger partial charge in [-0.3, -0.25) is 4.79 Å². The lowest BCUT2D eigenvalue weighted by atomic mass is 10.2. The lowest BCUT2D eigenvalue weighted by molar-refractivity contribution is -0.121. The van der Waals surface area contributed by atoms with Gasteiger partial charge < -0.3 is 15.4 Å². The highest BCUT2D eigenvalue weighted by atomic mass is 35.5. The molecule has 2 fully saturated rings. The van der Waals surface area contributed by atoms with Gasteiger partial charge in [0.05, 0.1) is 13.0 Å². The van der Waals surface area contributed by atoms with Crippen molar-refractivity contribution in [1.82, 2.24) is 10.6 Å². The second kappa shape index (κ2) is 6.67. The smallest absolute Gasteiger partial charge is 0.223 e. The lowest BCUT2D eigenvalue weighted by Crippen LogP contribution is -2.26. The molecule has 21 heavy (non-hydrogen) atoms. The Bertz CT molecular complexity index is 513. The zero-order valence-electron chi connectivity index (χ0n) is 12.0. The van der Waals surface area contributed by atoms with Crippen LogP contribution in [0.2, 0.25) is 5.02 Å². The number of halogens is 1. The molecule has 1 amide bonds. The Labute approximate surface area is 130 Å². The second-order valence-electron chi connectivity index (χ2n) is 5.85. The van der Waals surface area contributed by atoms with Crippen LogP contribution in [0.1, 0.15) is 37.7 Å². The number of nitrogens with one attached hydrogen (secondary N) is 2. The van der Waals surface area contributed by atoms with E-state index < -0.39 is 0 Å². The molecule has 0 spiro atoms. The summed E-state index contributed by atoms with van der Waals surface area (Å²) in [6.07, 6.45) is 5.12. The van der Waals surface area contributed by atoms with E-state index in [0.29, 0.717) is 30.1 Å². The van der Waals surface area contributed by atoms with Gasteiger partial charge in [0, 0.05) is 29.2 Å². The van der Waals surface area contributed by atoms with Gasteiger partial charge in [-0.2, -0.15) is 0 Å². The van der Waals surface area contributed by atoms with Crippen LogP contribution in [0, 0.1) is 0 Å². The summed E-state index contributed by atoms with van der Waals surface area (Å²) in [6.45, 7) is 1.16. The van der Waals surface area contributed by atoms with Gasteiger partial charge in [0.15, 0.2) is 0 Å². The van der Waals surface area contributed by atoms with Crippen molar-refractivity contribution in [3.8, 4) is 5.75 Å². The van der Waals surface area contributed by atoms with E-state index in [1.54, 1.807) is 0 Å². The largest absolute Gasteiger partial charge is 0.493 e. The van der Waals surface area contributed by atoms with Crippen LogP contribution < -0.4 is 15.4 Å². The molecule has 3 rings (SSSR count). The number of hydrogen-bond acceptors (Lipinski definition) is 3. The van der Waals surface area contributed by atoms with Gasteiger partial charge >= 0.3 is 0 Å². The maximum absolute atomic E-state index is 11.6. The van der Waals surface area contributed by atoms with E-state index >= 15 is 0 Å². The first kappa shape index (κ1) is 14.7. The molecule has 0 heterocycles. The van der Waals surface area contributed by atoms with Crippen LogP contribution in [0.4, 0.5) is 0 Å². The van der Waals surface area contributed by atoms with Crippen LogP contribution in [0.5, 0.6) is 5.75 Å². The van der Waals surface area contributed by atoms with Crippen LogP contribution >= 0.6 is 11.6 Å². The minimum atomic E-state index is 0.0733. The number of carbonyl (C=O) groups excluding carboxylic acids is 1. The molecule has 2 aliphatic carbocycles. The fraction of sp³-hybridized carbons (Fsp3) is 0.562. The molecular formula is C16H21ClN2O2. The minimum Gasteiger partial charge on any atom is -0.493 e. The molecule has 0 aliphatic heterocycles. The van der Waals surface area contributed by atoms with Crippen molar-refractivity contribution in [2.75, 3.05) is 6.61 Å². The summed E-state index contributed by atoms with van der Waals surface area (Å²) in [5.74, 6) is 0.885. The van der Waals surface area contributed by atoms with E-state index in [1.807, 2.05) is 18.2 Å². The molecule has 2 saturated carbocycles. The maximum atomic E-state index is 11.6. The zero-order chi connectivity index (χ0) is 14.7. The Morgan fingerprint density at radius 2 is 2.00 bits per heavy atom. The molecule has 0 saturated heterocycles. The molecule has 4 nitrogen and oxygen atoms in total. The normalized spacial score (nSPS) is 17.6. The van der Waals surface area contributed by atoms with Gasteiger partial charge in [-0.25, -0.2) is 0 Å². The van der Waals surface area contributed by atoms with Gasteiger partial charge in [-0.05, 0) is 43.9 Å². The molecule has 114 valence electrons. The summed E-state index contributed by atoms with van der Waals surface area (Å²) < 4.78 is 5.76. The van der Waals surface area contributed by atoms with Crippen LogP contribution in [-0.4, -0.2) is 24.6 Å². The number of amides is 1. The highest BCUT2D eigenvalue weighted by Gasteiger charge is 2.23. The van der Waals surface area contributed by atoms with E-state index in [0.717, 1.165) is 30.7 Å². The highest BCUT2D eigenvalue weighted by molar-refractivity contribution is 6.30. The summed E-state index contributed by atoms with van der Waals surface area (Å²) in [4.78, 5) is 11.6. The lowest BCUT2D eigenvalue weighted by Gasteiger charge is -2.12. The number of hydrogen-bond donors (Lipinski definition) is 2. The third-order valence-corrected chi connectivity index (χ3v) is 3.95. The minimum absolute atomic E-state index is 0.0733. The SMILES string of the molecule is O=C(CCOc1ccc(Cl)cc1CNC1CC1)NC1CC1. The fourth-order valence-corrected chi connectivity index (χ4v) is 2.34. The van der Waals surface area contributed by atoms with Gasteiger partial charge in [0.2, 0.25) is 5.91 Å². The van der Waals surface area contributed by atoms with Crippen molar-refractivity contribution in [3.05, 3.63) is 28.8 Å². The highest BCUT2D eigenvalue weighted by Crippen LogP contribution is 2.25. The molecule has 0 unspecified atom stereocenters. The van der Waals surface area contributed by atoms with Crippen molar-refractivity contribution in [3.63, 3.8) is 0 Å².